The van der Waals surface area contributed by atoms with Gasteiger partial charge in [0.2, 0.25) is 0 Å². The number of rotatable bonds is 72. The number of unbranched alkanes of at least 4 members (excludes halogenated alkanes) is 37. The Morgan fingerprint density at radius 3 is 0.755 bits per heavy atom. The molecule has 17 nitrogen and oxygen atoms in total. The Labute approximate surface area is 575 Å². The first kappa shape index (κ1) is 92.1. The number of hydrogen-bond acceptors (Lipinski definition) is 15. The van der Waals surface area contributed by atoms with E-state index in [0.717, 1.165) is 108 Å². The summed E-state index contributed by atoms with van der Waals surface area (Å²) in [5, 5.41) is 10.6. The smallest absolute Gasteiger partial charge is 0.462 e. The Hall–Kier alpha value is -1.94. The monoisotopic (exact) mass is 1380 g/mol. The van der Waals surface area contributed by atoms with Crippen molar-refractivity contribution < 1.29 is 80.2 Å². The van der Waals surface area contributed by atoms with Crippen LogP contribution in [0.2, 0.25) is 0 Å². The van der Waals surface area contributed by atoms with Gasteiger partial charge in [-0.3, -0.25) is 37.3 Å². The largest absolute Gasteiger partial charge is 0.472 e. The van der Waals surface area contributed by atoms with Crippen LogP contribution in [0.15, 0.2) is 0 Å². The van der Waals surface area contributed by atoms with Crippen molar-refractivity contribution in [2.75, 3.05) is 39.6 Å². The normalized spacial score (nSPS) is 14.4. The van der Waals surface area contributed by atoms with Crippen LogP contribution in [-0.4, -0.2) is 96.7 Å². The molecule has 19 heteroatoms. The van der Waals surface area contributed by atoms with Crippen molar-refractivity contribution in [3.8, 4) is 0 Å². The fourth-order valence-corrected chi connectivity index (χ4v) is 12.9. The summed E-state index contributed by atoms with van der Waals surface area (Å²) < 4.78 is 68.4. The van der Waals surface area contributed by atoms with Crippen LogP contribution in [0.5, 0.6) is 0 Å². The molecule has 3 N–H and O–H groups in total. The zero-order valence-electron chi connectivity index (χ0n) is 61.6. The van der Waals surface area contributed by atoms with Crippen molar-refractivity contribution in [3.05, 3.63) is 0 Å². The predicted molar refractivity (Wildman–Crippen MR) is 381 cm³/mol. The summed E-state index contributed by atoms with van der Waals surface area (Å²) in [6.45, 7) is 14.1. The van der Waals surface area contributed by atoms with Crippen LogP contribution in [0, 0.1) is 23.7 Å². The highest BCUT2D eigenvalue weighted by molar-refractivity contribution is 7.47. The Morgan fingerprint density at radius 1 is 0.298 bits per heavy atom. The molecule has 0 aliphatic carbocycles. The molecule has 0 bridgehead atoms. The lowest BCUT2D eigenvalue weighted by Gasteiger charge is -2.21. The second-order valence-electron chi connectivity index (χ2n) is 28.7. The van der Waals surface area contributed by atoms with Crippen LogP contribution in [-0.2, 0) is 65.4 Å². The Morgan fingerprint density at radius 2 is 0.511 bits per heavy atom. The van der Waals surface area contributed by atoms with Crippen LogP contribution >= 0.6 is 15.6 Å². The van der Waals surface area contributed by atoms with Crippen LogP contribution in [0.25, 0.3) is 0 Å². The maximum atomic E-state index is 13.0. The minimum atomic E-state index is -4.95. The molecule has 94 heavy (non-hydrogen) atoms. The summed E-state index contributed by atoms with van der Waals surface area (Å²) >= 11 is 0. The van der Waals surface area contributed by atoms with E-state index in [0.29, 0.717) is 37.5 Å². The van der Waals surface area contributed by atoms with Gasteiger partial charge in [-0.2, -0.15) is 0 Å². The van der Waals surface area contributed by atoms with Crippen molar-refractivity contribution in [1.82, 2.24) is 0 Å². The van der Waals surface area contributed by atoms with Crippen LogP contribution < -0.4 is 0 Å². The number of phosphoric acid groups is 2. The molecule has 558 valence electrons. The number of carbonyl (C=O) groups is 4. The number of phosphoric ester groups is 2. The topological polar surface area (TPSA) is 237 Å². The summed E-state index contributed by atoms with van der Waals surface area (Å²) in [6.07, 6.45) is 48.8. The fraction of sp³-hybridized carbons (Fsp3) is 0.947. The van der Waals surface area contributed by atoms with Gasteiger partial charge in [0, 0.05) is 25.7 Å². The van der Waals surface area contributed by atoms with Crippen molar-refractivity contribution in [3.63, 3.8) is 0 Å². The molecule has 6 atom stereocenters. The highest BCUT2D eigenvalue weighted by Gasteiger charge is 2.30. The zero-order valence-corrected chi connectivity index (χ0v) is 63.4. The van der Waals surface area contributed by atoms with E-state index in [4.69, 9.17) is 37.0 Å². The van der Waals surface area contributed by atoms with Gasteiger partial charge < -0.3 is 33.8 Å². The van der Waals surface area contributed by atoms with E-state index in [1.807, 2.05) is 0 Å². The molecule has 0 saturated heterocycles. The van der Waals surface area contributed by atoms with E-state index >= 15 is 0 Å². The van der Waals surface area contributed by atoms with Gasteiger partial charge >= 0.3 is 39.5 Å². The average molecular weight is 1380 g/mol. The lowest BCUT2D eigenvalue weighted by atomic mass is 9.99. The molecule has 0 spiro atoms. The van der Waals surface area contributed by atoms with E-state index in [2.05, 4.69) is 55.4 Å². The van der Waals surface area contributed by atoms with Crippen LogP contribution in [0.4, 0.5) is 0 Å². The number of ether oxygens (including phenoxy) is 4. The zero-order chi connectivity index (χ0) is 69.6. The number of aliphatic hydroxyl groups is 1. The summed E-state index contributed by atoms with van der Waals surface area (Å²) in [5.74, 6) is 0.892. The van der Waals surface area contributed by atoms with E-state index in [9.17, 15) is 43.2 Å². The average Bonchev–Trinajstić information content (AvgIpc) is 1.36. The Kier molecular flexibility index (Phi) is 63.1. The molecule has 0 radical (unpaired) electrons. The van der Waals surface area contributed by atoms with Crippen molar-refractivity contribution in [1.29, 1.82) is 0 Å². The maximum absolute atomic E-state index is 13.0. The van der Waals surface area contributed by atoms with Gasteiger partial charge in [0.15, 0.2) is 12.2 Å². The van der Waals surface area contributed by atoms with Crippen molar-refractivity contribution in [2.24, 2.45) is 23.7 Å². The molecule has 0 amide bonds. The summed E-state index contributed by atoms with van der Waals surface area (Å²) in [5.41, 5.74) is 0. The number of aliphatic hydroxyl groups excluding tert-OH is 1. The third-order valence-electron chi connectivity index (χ3n) is 17.7. The van der Waals surface area contributed by atoms with Gasteiger partial charge in [0.05, 0.1) is 26.4 Å². The molecule has 0 aromatic carbocycles. The SMILES string of the molecule is CCC(C)CCCCCCCCCCCCCCCCC(=O)O[C@H](COC(=O)CCCCCCCCCC(C)C)COP(=O)(O)OCC(O)COP(=O)(O)OC[C@@H](COC(=O)CCCCCCCCCCCCCCCCC(C)C)OC(=O)CCCCCCCCC(C)C. The first-order valence-corrected chi connectivity index (χ1v) is 41.7. The predicted octanol–water partition coefficient (Wildman–Crippen LogP) is 21.7. The van der Waals surface area contributed by atoms with Gasteiger partial charge in [-0.25, -0.2) is 9.13 Å². The quantitative estimate of drug-likeness (QED) is 0.0222. The van der Waals surface area contributed by atoms with Gasteiger partial charge in [0.1, 0.15) is 19.3 Å². The number of carbonyl (C=O) groups excluding carboxylic acids is 4. The van der Waals surface area contributed by atoms with E-state index in [-0.39, 0.29) is 25.7 Å². The standard InChI is InChI=1S/C75H146O17P2/c1-9-68(8)54-46-38-29-23-19-15-11-13-17-21-25-31-41-49-57-74(79)91-70(61-86-73(78)56-48-40-32-26-28-36-44-52-66(4)5)63-89-93(81,82)87-59-69(76)60-88-94(83,84)90-64-71(92-75(80)58-50-42-34-33-37-45-53-67(6)7)62-85-72(77)55-47-39-30-24-20-16-12-10-14-18-22-27-35-43-51-65(2)3/h65-71,76H,9-64H2,1-8H3,(H,81,82)(H,83,84)/t68?,69?,70-,71-/m1/s1. The van der Waals surface area contributed by atoms with Crippen LogP contribution in [0.1, 0.15) is 376 Å². The van der Waals surface area contributed by atoms with Crippen molar-refractivity contribution >= 4 is 39.5 Å². The third-order valence-corrected chi connectivity index (χ3v) is 19.6. The highest BCUT2D eigenvalue weighted by Crippen LogP contribution is 2.45. The lowest BCUT2D eigenvalue weighted by molar-refractivity contribution is -0.161. The van der Waals surface area contributed by atoms with Crippen molar-refractivity contribution in [2.45, 2.75) is 395 Å². The van der Waals surface area contributed by atoms with E-state index < -0.39 is 97.5 Å². The van der Waals surface area contributed by atoms with Gasteiger partial charge in [-0.15, -0.1) is 0 Å². The minimum Gasteiger partial charge on any atom is -0.462 e. The molecule has 0 aromatic rings. The summed E-state index contributed by atoms with van der Waals surface area (Å²) in [6, 6.07) is 0. The molecule has 0 aliphatic rings. The Bertz CT molecular complexity index is 1850. The second kappa shape index (κ2) is 64.4. The molecule has 0 aromatic heterocycles. The Balaban J connectivity index is 5.17. The lowest BCUT2D eigenvalue weighted by Crippen LogP contribution is -2.30. The molecule has 0 saturated carbocycles. The second-order valence-corrected chi connectivity index (χ2v) is 31.6. The first-order chi connectivity index (χ1) is 45.1. The molecular weight excluding hydrogens is 1230 g/mol. The van der Waals surface area contributed by atoms with E-state index in [1.165, 1.54) is 173 Å². The minimum absolute atomic E-state index is 0.102. The van der Waals surface area contributed by atoms with Gasteiger partial charge in [-0.1, -0.05) is 325 Å². The highest BCUT2D eigenvalue weighted by atomic mass is 31.2. The van der Waals surface area contributed by atoms with Gasteiger partial charge in [-0.05, 0) is 49.4 Å². The molecule has 4 unspecified atom stereocenters. The number of hydrogen-bond donors (Lipinski definition) is 3. The fourth-order valence-electron chi connectivity index (χ4n) is 11.3. The summed E-state index contributed by atoms with van der Waals surface area (Å²) in [7, 11) is -9.91. The first-order valence-electron chi connectivity index (χ1n) is 38.7. The van der Waals surface area contributed by atoms with E-state index in [1.54, 1.807) is 0 Å². The molecule has 0 aliphatic heterocycles. The molecule has 0 fully saturated rings. The maximum Gasteiger partial charge on any atom is 0.472 e. The van der Waals surface area contributed by atoms with Crippen LogP contribution in [0.3, 0.4) is 0 Å². The molecular formula is C75H146O17P2. The van der Waals surface area contributed by atoms with Gasteiger partial charge in [0.25, 0.3) is 0 Å². The molecule has 0 rings (SSSR count). The summed E-state index contributed by atoms with van der Waals surface area (Å²) in [4.78, 5) is 72.7. The third kappa shape index (κ3) is 67.3. The molecule has 0 heterocycles. The number of esters is 4.